The third-order valence-electron chi connectivity index (χ3n) is 3.04. The second-order valence-corrected chi connectivity index (χ2v) is 5.98. The molecule has 1 amide bonds. The Hall–Kier alpha value is -1.62. The Balaban J connectivity index is 1.94. The van der Waals surface area contributed by atoms with Gasteiger partial charge in [0, 0.05) is 5.02 Å². The molecule has 0 aliphatic heterocycles. The number of carbonyl (C=O) groups excluding carboxylic acids is 1. The summed E-state index contributed by atoms with van der Waals surface area (Å²) in [5.41, 5.74) is 2.62. The minimum Gasteiger partial charge on any atom is -0.331 e. The highest BCUT2D eigenvalue weighted by Gasteiger charge is 2.09. The highest BCUT2D eigenvalue weighted by atomic mass is 35.5. The molecule has 2 aromatic rings. The summed E-state index contributed by atoms with van der Waals surface area (Å²) in [5.74, 6) is -0.183. The smallest absolute Gasteiger partial charge is 0.230 e. The van der Waals surface area contributed by atoms with Crippen molar-refractivity contribution in [3.05, 3.63) is 63.6 Å². The van der Waals surface area contributed by atoms with Gasteiger partial charge in [0.05, 0.1) is 17.1 Å². The van der Waals surface area contributed by atoms with E-state index in [-0.39, 0.29) is 17.4 Å². The lowest BCUT2D eigenvalue weighted by atomic mass is 10.1. The van der Waals surface area contributed by atoms with E-state index in [1.54, 1.807) is 18.2 Å². The van der Waals surface area contributed by atoms with E-state index in [4.69, 9.17) is 35.4 Å². The zero-order valence-electron chi connectivity index (χ0n) is 11.8. The van der Waals surface area contributed by atoms with Crippen LogP contribution in [0.4, 0.5) is 5.69 Å². The third-order valence-corrected chi connectivity index (χ3v) is 3.80. The maximum absolute atomic E-state index is 12.0. The molecule has 0 bridgehead atoms. The average Bonchev–Trinajstić information content (AvgIpc) is 2.44. The van der Waals surface area contributed by atoms with Crippen molar-refractivity contribution in [2.24, 2.45) is 0 Å². The fraction of sp³-hybridized carbons (Fsp3) is 0.125. The summed E-state index contributed by atoms with van der Waals surface area (Å²) < 4.78 is 0. The van der Waals surface area contributed by atoms with Gasteiger partial charge >= 0.3 is 0 Å². The van der Waals surface area contributed by atoms with E-state index in [2.05, 4.69) is 10.6 Å². The Morgan fingerprint density at radius 3 is 2.59 bits per heavy atom. The number of halogens is 2. The van der Waals surface area contributed by atoms with E-state index in [9.17, 15) is 4.79 Å². The maximum atomic E-state index is 12.0. The fourth-order valence-corrected chi connectivity index (χ4v) is 2.58. The summed E-state index contributed by atoms with van der Waals surface area (Å²) >= 11 is 17.0. The number of hydrogen-bond acceptors (Lipinski definition) is 2. The summed E-state index contributed by atoms with van der Waals surface area (Å²) in [6.07, 6.45) is 0.267. The molecule has 0 radical (unpaired) electrons. The molecule has 2 N–H and O–H groups in total. The molecule has 0 unspecified atom stereocenters. The van der Waals surface area contributed by atoms with Gasteiger partial charge in [-0.25, -0.2) is 0 Å². The number of aryl methyl sites for hydroxylation is 1. The first kappa shape index (κ1) is 16.7. The van der Waals surface area contributed by atoms with Crippen LogP contribution in [0.2, 0.25) is 10.0 Å². The predicted octanol–water partition coefficient (Wildman–Crippen LogP) is 4.36. The monoisotopic (exact) mass is 352 g/mol. The number of amides is 1. The van der Waals surface area contributed by atoms with E-state index >= 15 is 0 Å². The number of hydrogen-bond donors (Lipinski definition) is 2. The van der Waals surface area contributed by atoms with Crippen LogP contribution in [-0.2, 0) is 11.2 Å². The van der Waals surface area contributed by atoms with Crippen molar-refractivity contribution >= 4 is 52.1 Å². The van der Waals surface area contributed by atoms with Gasteiger partial charge in [-0.3, -0.25) is 4.79 Å². The second kappa shape index (κ2) is 7.58. The van der Waals surface area contributed by atoms with Crippen LogP contribution in [0.5, 0.6) is 0 Å². The molecule has 6 heteroatoms. The van der Waals surface area contributed by atoms with Crippen LogP contribution >= 0.6 is 35.4 Å². The van der Waals surface area contributed by atoms with Crippen LogP contribution in [0.15, 0.2) is 42.5 Å². The largest absolute Gasteiger partial charge is 0.331 e. The zero-order valence-corrected chi connectivity index (χ0v) is 14.1. The van der Waals surface area contributed by atoms with Gasteiger partial charge in [-0.15, -0.1) is 0 Å². The Bertz CT molecular complexity index is 719. The zero-order chi connectivity index (χ0) is 16.1. The summed E-state index contributed by atoms with van der Waals surface area (Å²) in [6.45, 7) is 1.96. The van der Waals surface area contributed by atoms with E-state index < -0.39 is 0 Å². The quantitative estimate of drug-likeness (QED) is 0.806. The van der Waals surface area contributed by atoms with Crippen LogP contribution in [0.25, 0.3) is 0 Å². The predicted molar refractivity (Wildman–Crippen MR) is 95.7 cm³/mol. The molecule has 0 aliphatic carbocycles. The van der Waals surface area contributed by atoms with Crippen molar-refractivity contribution in [3.63, 3.8) is 0 Å². The molecule has 22 heavy (non-hydrogen) atoms. The topological polar surface area (TPSA) is 41.1 Å². The molecule has 0 atom stereocenters. The minimum atomic E-state index is -0.183. The molecule has 0 saturated carbocycles. The Labute approximate surface area is 144 Å². The van der Waals surface area contributed by atoms with E-state index in [0.717, 1.165) is 11.1 Å². The van der Waals surface area contributed by atoms with Gasteiger partial charge in [0.1, 0.15) is 0 Å². The third kappa shape index (κ3) is 4.70. The fourth-order valence-electron chi connectivity index (χ4n) is 1.90. The Morgan fingerprint density at radius 1 is 1.18 bits per heavy atom. The molecule has 0 aromatic heterocycles. The summed E-state index contributed by atoms with van der Waals surface area (Å²) in [6, 6.07) is 12.7. The molecular formula is C16H14Cl2N2OS. The van der Waals surface area contributed by atoms with Crippen molar-refractivity contribution in [2.45, 2.75) is 13.3 Å². The lowest BCUT2D eigenvalue weighted by Gasteiger charge is -2.11. The highest BCUT2D eigenvalue weighted by Crippen LogP contribution is 2.25. The van der Waals surface area contributed by atoms with Gasteiger partial charge in [-0.2, -0.15) is 0 Å². The lowest BCUT2D eigenvalue weighted by Crippen LogP contribution is -2.35. The van der Waals surface area contributed by atoms with Crippen LogP contribution in [0, 0.1) is 6.92 Å². The Kier molecular flexibility index (Phi) is 5.77. The summed E-state index contributed by atoms with van der Waals surface area (Å²) in [7, 11) is 0. The first-order chi connectivity index (χ1) is 10.5. The van der Waals surface area contributed by atoms with Gasteiger partial charge in [-0.05, 0) is 48.5 Å². The molecule has 0 heterocycles. The first-order valence-corrected chi connectivity index (χ1v) is 7.72. The van der Waals surface area contributed by atoms with E-state index in [0.29, 0.717) is 15.7 Å². The van der Waals surface area contributed by atoms with Crippen LogP contribution in [-0.4, -0.2) is 11.0 Å². The van der Waals surface area contributed by atoms with Crippen LogP contribution in [0.3, 0.4) is 0 Å². The van der Waals surface area contributed by atoms with Crippen molar-refractivity contribution < 1.29 is 4.79 Å². The van der Waals surface area contributed by atoms with E-state index in [1.165, 1.54) is 0 Å². The van der Waals surface area contributed by atoms with Gasteiger partial charge in [0.2, 0.25) is 5.91 Å². The number of anilines is 1. The number of nitrogens with one attached hydrogen (secondary N) is 2. The molecule has 2 rings (SSSR count). The SMILES string of the molecule is Cc1ccccc1CC(=O)NC(=S)Nc1ccc(Cl)cc1Cl. The van der Waals surface area contributed by atoms with Gasteiger partial charge in [-0.1, -0.05) is 47.5 Å². The molecule has 0 spiro atoms. The first-order valence-electron chi connectivity index (χ1n) is 6.56. The minimum absolute atomic E-state index is 0.183. The molecule has 0 fully saturated rings. The molecular weight excluding hydrogens is 339 g/mol. The van der Waals surface area contributed by atoms with E-state index in [1.807, 2.05) is 31.2 Å². The number of rotatable bonds is 3. The second-order valence-electron chi connectivity index (χ2n) is 4.73. The van der Waals surface area contributed by atoms with Gasteiger partial charge < -0.3 is 10.6 Å². The normalized spacial score (nSPS) is 10.1. The number of thiocarbonyl (C=S) groups is 1. The van der Waals surface area contributed by atoms with Gasteiger partial charge in [0.15, 0.2) is 5.11 Å². The van der Waals surface area contributed by atoms with Crippen LogP contribution < -0.4 is 10.6 Å². The van der Waals surface area contributed by atoms with Crippen molar-refractivity contribution in [2.75, 3.05) is 5.32 Å². The molecule has 3 nitrogen and oxygen atoms in total. The maximum Gasteiger partial charge on any atom is 0.230 e. The molecule has 114 valence electrons. The molecule has 2 aromatic carbocycles. The molecule has 0 saturated heterocycles. The standard InChI is InChI=1S/C16H14Cl2N2OS/c1-10-4-2-3-5-11(10)8-15(21)20-16(22)19-14-7-6-12(17)9-13(14)18/h2-7,9H,8H2,1H3,(H2,19,20,21,22). The van der Waals surface area contributed by atoms with Crippen molar-refractivity contribution in [3.8, 4) is 0 Å². The number of benzene rings is 2. The Morgan fingerprint density at radius 2 is 1.91 bits per heavy atom. The highest BCUT2D eigenvalue weighted by molar-refractivity contribution is 7.80. The van der Waals surface area contributed by atoms with Gasteiger partial charge in [0.25, 0.3) is 0 Å². The molecule has 0 aliphatic rings. The summed E-state index contributed by atoms with van der Waals surface area (Å²) in [5, 5.41) is 6.68. The lowest BCUT2D eigenvalue weighted by molar-refractivity contribution is -0.119. The average molecular weight is 353 g/mol. The number of carbonyl (C=O) groups is 1. The van der Waals surface area contributed by atoms with Crippen LogP contribution in [0.1, 0.15) is 11.1 Å². The summed E-state index contributed by atoms with van der Waals surface area (Å²) in [4.78, 5) is 12.0. The van der Waals surface area contributed by atoms with Crippen molar-refractivity contribution in [1.29, 1.82) is 0 Å². The van der Waals surface area contributed by atoms with Crippen molar-refractivity contribution in [1.82, 2.24) is 5.32 Å².